The molecule has 0 aromatic carbocycles. The molecule has 0 spiro atoms. The first-order valence-electron chi connectivity index (χ1n) is 3.83. The molecular formula is C6H9NaO10SZr. The number of carboxylic acids is 3. The van der Waals surface area contributed by atoms with Gasteiger partial charge in [0.1, 0.15) is 0 Å². The predicted octanol–water partition coefficient (Wildman–Crippen LogP) is -4.31. The van der Waals surface area contributed by atoms with Gasteiger partial charge in [-0.2, -0.15) is 8.42 Å². The summed E-state index contributed by atoms with van der Waals surface area (Å²) in [5, 5.41) is 25.4. The number of aliphatic carboxylic acids is 3. The Hall–Kier alpha value is 0.163. The Bertz CT molecular complexity index is 435. The fourth-order valence-electron chi connectivity index (χ4n) is 0.998. The van der Waals surface area contributed by atoms with Gasteiger partial charge in [-0.25, -0.2) is 8.98 Å². The molecular weight excluding hydrogens is 378 g/mol. The summed E-state index contributed by atoms with van der Waals surface area (Å²) in [5.74, 6) is -5.76. The van der Waals surface area contributed by atoms with Crippen molar-refractivity contribution in [3.63, 3.8) is 0 Å². The number of carboxylic acid groups (broad SMARTS) is 3. The molecule has 0 aromatic heterocycles. The number of carbonyl (C=O) groups is 3. The van der Waals surface area contributed by atoms with Crippen LogP contribution in [0.3, 0.4) is 0 Å². The van der Waals surface area contributed by atoms with Gasteiger partial charge in [0.25, 0.3) is 0 Å². The standard InChI is InChI=1S/C6H8O10S.Na.Zr.H/c7-3(8)1-6(5(11)12,2-4(9)10)16-17(13,14)15;;;/h1-2H2,(H,7,8)(H,9,10)(H,11,12)(H,13,14,15);;;/q;+1;;-1. The third-order valence-electron chi connectivity index (χ3n) is 1.53. The molecule has 0 fully saturated rings. The Kier molecular flexibility index (Phi) is 11.7. The van der Waals surface area contributed by atoms with Crippen molar-refractivity contribution in [3.8, 4) is 0 Å². The summed E-state index contributed by atoms with van der Waals surface area (Å²) >= 11 is 0. The molecule has 0 aliphatic carbocycles. The smallest absolute Gasteiger partial charge is 1.00 e. The molecule has 0 atom stereocenters. The van der Waals surface area contributed by atoms with Crippen molar-refractivity contribution in [2.75, 3.05) is 0 Å². The molecule has 0 radical (unpaired) electrons. The van der Waals surface area contributed by atoms with Gasteiger partial charge in [-0.3, -0.25) is 14.1 Å². The molecule has 0 bridgehead atoms. The van der Waals surface area contributed by atoms with Gasteiger partial charge in [-0.1, -0.05) is 0 Å². The molecule has 0 saturated heterocycles. The van der Waals surface area contributed by atoms with Gasteiger partial charge in [0.15, 0.2) is 0 Å². The van der Waals surface area contributed by atoms with Crippen LogP contribution < -0.4 is 29.6 Å². The Balaban J connectivity index is -0.000000427. The van der Waals surface area contributed by atoms with E-state index < -0.39 is 46.7 Å². The van der Waals surface area contributed by atoms with Crippen LogP contribution in [0.4, 0.5) is 0 Å². The molecule has 13 heteroatoms. The van der Waals surface area contributed by atoms with E-state index in [0.717, 1.165) is 0 Å². The second-order valence-corrected chi connectivity index (χ2v) is 3.97. The van der Waals surface area contributed by atoms with Gasteiger partial charge >= 0.3 is 57.9 Å². The Morgan fingerprint density at radius 2 is 1.37 bits per heavy atom. The van der Waals surface area contributed by atoms with Crippen LogP contribution in [0.2, 0.25) is 0 Å². The second kappa shape index (κ2) is 9.16. The van der Waals surface area contributed by atoms with Gasteiger partial charge in [0.05, 0.1) is 12.8 Å². The molecule has 0 heterocycles. The van der Waals surface area contributed by atoms with Crippen LogP contribution in [0.15, 0.2) is 0 Å². The molecule has 0 aromatic rings. The summed E-state index contributed by atoms with van der Waals surface area (Å²) in [6, 6.07) is 0. The minimum Gasteiger partial charge on any atom is -1.00 e. The summed E-state index contributed by atoms with van der Waals surface area (Å²) < 4.78 is 32.8. The van der Waals surface area contributed by atoms with Crippen LogP contribution in [0.5, 0.6) is 0 Å². The maximum absolute atomic E-state index is 10.7. The van der Waals surface area contributed by atoms with Gasteiger partial charge in [0.2, 0.25) is 5.60 Å². The zero-order chi connectivity index (χ0) is 13.9. The molecule has 0 saturated carbocycles. The van der Waals surface area contributed by atoms with Crippen molar-refractivity contribution in [1.82, 2.24) is 0 Å². The first kappa shape index (κ1) is 24.2. The minimum absolute atomic E-state index is 0. The van der Waals surface area contributed by atoms with Gasteiger partial charge < -0.3 is 16.7 Å². The first-order chi connectivity index (χ1) is 7.48. The van der Waals surface area contributed by atoms with E-state index in [0.29, 0.717) is 0 Å². The number of rotatable bonds is 7. The van der Waals surface area contributed by atoms with Crippen molar-refractivity contribution in [3.05, 3.63) is 0 Å². The van der Waals surface area contributed by atoms with Crippen LogP contribution in [-0.4, -0.2) is 51.8 Å². The quantitative estimate of drug-likeness (QED) is 0.247. The molecule has 10 nitrogen and oxygen atoms in total. The molecule has 19 heavy (non-hydrogen) atoms. The van der Waals surface area contributed by atoms with Gasteiger partial charge in [-0.05, 0) is 0 Å². The van der Waals surface area contributed by atoms with Crippen LogP contribution >= 0.6 is 0 Å². The maximum Gasteiger partial charge on any atom is 1.00 e. The molecule has 104 valence electrons. The second-order valence-electron chi connectivity index (χ2n) is 2.95. The van der Waals surface area contributed by atoms with Crippen LogP contribution in [0, 0.1) is 0 Å². The van der Waals surface area contributed by atoms with Crippen LogP contribution in [0.25, 0.3) is 0 Å². The third kappa shape index (κ3) is 9.66. The normalized spacial score (nSPS) is 10.8. The van der Waals surface area contributed by atoms with Gasteiger partial charge in [0, 0.05) is 26.2 Å². The van der Waals surface area contributed by atoms with Crippen molar-refractivity contribution in [1.29, 1.82) is 0 Å². The molecule has 4 N–H and O–H groups in total. The monoisotopic (exact) mass is 386 g/mol. The number of hydrogen-bond donors (Lipinski definition) is 4. The van der Waals surface area contributed by atoms with E-state index in [-0.39, 0.29) is 57.2 Å². The molecule has 0 aliphatic rings. The summed E-state index contributed by atoms with van der Waals surface area (Å²) in [6.45, 7) is 0. The van der Waals surface area contributed by atoms with E-state index in [1.165, 1.54) is 0 Å². The van der Waals surface area contributed by atoms with E-state index in [4.69, 9.17) is 19.9 Å². The summed E-state index contributed by atoms with van der Waals surface area (Å²) in [4.78, 5) is 31.5. The predicted molar refractivity (Wildman–Crippen MR) is 48.6 cm³/mol. The molecule has 0 unspecified atom stereocenters. The zero-order valence-corrected chi connectivity index (χ0v) is 14.8. The van der Waals surface area contributed by atoms with Gasteiger partial charge in [-0.15, -0.1) is 0 Å². The average molecular weight is 387 g/mol. The first-order valence-corrected chi connectivity index (χ1v) is 5.20. The minimum atomic E-state index is -5.33. The summed E-state index contributed by atoms with van der Waals surface area (Å²) in [6.07, 6.45) is -2.90. The molecule has 0 amide bonds. The maximum atomic E-state index is 10.7. The van der Waals surface area contributed by atoms with Crippen molar-refractivity contribution in [2.24, 2.45) is 0 Å². The van der Waals surface area contributed by atoms with Crippen molar-refractivity contribution >= 4 is 28.3 Å². The fourth-order valence-corrected chi connectivity index (χ4v) is 1.59. The number of hydrogen-bond acceptors (Lipinski definition) is 6. The van der Waals surface area contributed by atoms with E-state index in [9.17, 15) is 22.8 Å². The largest absolute Gasteiger partial charge is 1.00 e. The Morgan fingerprint density at radius 3 is 1.53 bits per heavy atom. The van der Waals surface area contributed by atoms with Crippen LogP contribution in [-0.2, 0) is 55.2 Å². The van der Waals surface area contributed by atoms with Crippen LogP contribution in [0.1, 0.15) is 14.3 Å². The third-order valence-corrected chi connectivity index (χ3v) is 2.06. The Morgan fingerprint density at radius 1 is 1.05 bits per heavy atom. The van der Waals surface area contributed by atoms with Crippen molar-refractivity contribution < 1.29 is 104 Å². The zero-order valence-electron chi connectivity index (χ0n) is 10.6. The molecule has 0 aliphatic heterocycles. The van der Waals surface area contributed by atoms with E-state index in [1.807, 2.05) is 0 Å². The Labute approximate surface area is 150 Å². The SMILES string of the molecule is O=C(O)CC(CC(=O)O)(OS(=O)(=O)O)C(=O)O.[H-].[Na+].[Zr]. The average Bonchev–Trinajstić information content (AvgIpc) is 1.96. The van der Waals surface area contributed by atoms with E-state index in [2.05, 4.69) is 4.18 Å². The van der Waals surface area contributed by atoms with E-state index >= 15 is 0 Å². The fraction of sp³-hybridized carbons (Fsp3) is 0.500. The summed E-state index contributed by atoms with van der Waals surface area (Å²) in [5.41, 5.74) is -3.09. The molecule has 0 rings (SSSR count). The topological polar surface area (TPSA) is 175 Å². The summed E-state index contributed by atoms with van der Waals surface area (Å²) in [7, 11) is -5.33. The van der Waals surface area contributed by atoms with Crippen molar-refractivity contribution in [2.45, 2.75) is 18.4 Å². The van der Waals surface area contributed by atoms with E-state index in [1.54, 1.807) is 0 Å².